The SMILES string of the molecule is CNC1(c2cccc(C(=O)O)c2)CCOC1. The van der Waals surface area contributed by atoms with Gasteiger partial charge in [-0.3, -0.25) is 0 Å². The summed E-state index contributed by atoms with van der Waals surface area (Å²) in [7, 11) is 1.88. The molecule has 1 heterocycles. The van der Waals surface area contributed by atoms with Crippen molar-refractivity contribution in [3.63, 3.8) is 0 Å². The Bertz CT molecular complexity index is 397. The van der Waals surface area contributed by atoms with Crippen molar-refractivity contribution in [3.05, 3.63) is 35.4 Å². The molecule has 1 fully saturated rings. The van der Waals surface area contributed by atoms with E-state index in [0.717, 1.165) is 12.0 Å². The van der Waals surface area contributed by atoms with Gasteiger partial charge in [0.05, 0.1) is 17.7 Å². The molecule has 1 aromatic carbocycles. The molecular formula is C12H15NO3. The highest BCUT2D eigenvalue weighted by Crippen LogP contribution is 2.30. The Labute approximate surface area is 94.2 Å². The lowest BCUT2D eigenvalue weighted by Crippen LogP contribution is -2.40. The zero-order valence-corrected chi connectivity index (χ0v) is 9.19. The van der Waals surface area contributed by atoms with Gasteiger partial charge in [0.25, 0.3) is 0 Å². The summed E-state index contributed by atoms with van der Waals surface area (Å²) >= 11 is 0. The number of rotatable bonds is 3. The molecule has 1 aliphatic heterocycles. The normalized spacial score (nSPS) is 24.6. The summed E-state index contributed by atoms with van der Waals surface area (Å²) in [5, 5.41) is 12.2. The quantitative estimate of drug-likeness (QED) is 0.805. The van der Waals surface area contributed by atoms with Gasteiger partial charge in [0.15, 0.2) is 0 Å². The monoisotopic (exact) mass is 221 g/mol. The second-order valence-electron chi connectivity index (χ2n) is 4.02. The van der Waals surface area contributed by atoms with Crippen LogP contribution < -0.4 is 5.32 Å². The number of ether oxygens (including phenoxy) is 1. The fourth-order valence-corrected chi connectivity index (χ4v) is 2.08. The maximum atomic E-state index is 10.9. The average Bonchev–Trinajstić information content (AvgIpc) is 2.79. The highest BCUT2D eigenvalue weighted by atomic mass is 16.5. The van der Waals surface area contributed by atoms with Crippen molar-refractivity contribution < 1.29 is 14.6 Å². The van der Waals surface area contributed by atoms with E-state index in [4.69, 9.17) is 9.84 Å². The lowest BCUT2D eigenvalue weighted by atomic mass is 9.88. The van der Waals surface area contributed by atoms with Crippen LogP contribution in [0.1, 0.15) is 22.3 Å². The molecule has 4 nitrogen and oxygen atoms in total. The summed E-state index contributed by atoms with van der Waals surface area (Å²) in [6.07, 6.45) is 0.868. The van der Waals surface area contributed by atoms with Crippen molar-refractivity contribution in [2.75, 3.05) is 20.3 Å². The first-order chi connectivity index (χ1) is 7.68. The summed E-state index contributed by atoms with van der Waals surface area (Å²) in [5.74, 6) is -0.896. The summed E-state index contributed by atoms with van der Waals surface area (Å²) in [5.41, 5.74) is 1.07. The van der Waals surface area contributed by atoms with E-state index >= 15 is 0 Å². The molecule has 16 heavy (non-hydrogen) atoms. The molecule has 0 bridgehead atoms. The smallest absolute Gasteiger partial charge is 0.335 e. The molecular weight excluding hydrogens is 206 g/mol. The minimum Gasteiger partial charge on any atom is -0.478 e. The van der Waals surface area contributed by atoms with Gasteiger partial charge in [0.1, 0.15) is 0 Å². The molecule has 1 saturated heterocycles. The number of carbonyl (C=O) groups is 1. The second kappa shape index (κ2) is 4.23. The van der Waals surface area contributed by atoms with Crippen LogP contribution in [0.15, 0.2) is 24.3 Å². The lowest BCUT2D eigenvalue weighted by Gasteiger charge is -2.27. The van der Waals surface area contributed by atoms with E-state index in [1.54, 1.807) is 18.2 Å². The third-order valence-corrected chi connectivity index (χ3v) is 3.16. The van der Waals surface area contributed by atoms with E-state index in [9.17, 15) is 4.79 Å². The van der Waals surface area contributed by atoms with Gasteiger partial charge in [-0.15, -0.1) is 0 Å². The molecule has 2 N–H and O–H groups in total. The fourth-order valence-electron chi connectivity index (χ4n) is 2.08. The van der Waals surface area contributed by atoms with Gasteiger partial charge in [0.2, 0.25) is 0 Å². The third-order valence-electron chi connectivity index (χ3n) is 3.16. The zero-order chi connectivity index (χ0) is 11.6. The number of likely N-dealkylation sites (N-methyl/N-ethyl adjacent to an activating group) is 1. The van der Waals surface area contributed by atoms with E-state index in [2.05, 4.69) is 5.32 Å². The minimum absolute atomic E-state index is 0.231. The van der Waals surface area contributed by atoms with Crippen LogP contribution >= 0.6 is 0 Å². The van der Waals surface area contributed by atoms with Crippen LogP contribution in [0.3, 0.4) is 0 Å². The van der Waals surface area contributed by atoms with Crippen molar-refractivity contribution in [1.82, 2.24) is 5.32 Å². The molecule has 0 aromatic heterocycles. The number of nitrogens with one attached hydrogen (secondary N) is 1. The second-order valence-corrected chi connectivity index (χ2v) is 4.02. The topological polar surface area (TPSA) is 58.6 Å². The van der Waals surface area contributed by atoms with E-state index in [-0.39, 0.29) is 5.54 Å². The van der Waals surface area contributed by atoms with Gasteiger partial charge in [0, 0.05) is 6.61 Å². The summed E-state index contributed by atoms with van der Waals surface area (Å²) < 4.78 is 5.40. The van der Waals surface area contributed by atoms with Gasteiger partial charge < -0.3 is 15.2 Å². The molecule has 0 radical (unpaired) electrons. The van der Waals surface area contributed by atoms with E-state index in [1.165, 1.54) is 0 Å². The summed E-state index contributed by atoms with van der Waals surface area (Å²) in [6.45, 7) is 1.30. The molecule has 1 atom stereocenters. The van der Waals surface area contributed by atoms with Crippen LogP contribution in [-0.4, -0.2) is 31.3 Å². The molecule has 1 aromatic rings. The number of hydrogen-bond donors (Lipinski definition) is 2. The molecule has 0 spiro atoms. The molecule has 4 heteroatoms. The predicted molar refractivity (Wildman–Crippen MR) is 59.6 cm³/mol. The Balaban J connectivity index is 2.38. The summed E-state index contributed by atoms with van der Waals surface area (Å²) in [4.78, 5) is 10.9. The minimum atomic E-state index is -0.896. The Morgan fingerprint density at radius 1 is 1.56 bits per heavy atom. The molecule has 0 saturated carbocycles. The van der Waals surface area contributed by atoms with E-state index in [0.29, 0.717) is 18.8 Å². The first kappa shape index (κ1) is 11.1. The molecule has 1 aliphatic rings. The van der Waals surface area contributed by atoms with Crippen LogP contribution in [0.4, 0.5) is 0 Å². The molecule has 1 unspecified atom stereocenters. The van der Waals surface area contributed by atoms with Crippen molar-refractivity contribution in [2.45, 2.75) is 12.0 Å². The fraction of sp³-hybridized carbons (Fsp3) is 0.417. The predicted octanol–water partition coefficient (Wildman–Crippen LogP) is 1.22. The molecule has 0 aliphatic carbocycles. The van der Waals surface area contributed by atoms with Crippen LogP contribution in [-0.2, 0) is 10.3 Å². The van der Waals surface area contributed by atoms with Gasteiger partial charge in [-0.1, -0.05) is 12.1 Å². The molecule has 86 valence electrons. The maximum Gasteiger partial charge on any atom is 0.335 e. The zero-order valence-electron chi connectivity index (χ0n) is 9.19. The Hall–Kier alpha value is -1.39. The van der Waals surface area contributed by atoms with Crippen LogP contribution in [0.2, 0.25) is 0 Å². The van der Waals surface area contributed by atoms with Gasteiger partial charge in [-0.05, 0) is 31.2 Å². The molecule has 0 amide bonds. The van der Waals surface area contributed by atoms with Crippen molar-refractivity contribution in [1.29, 1.82) is 0 Å². The largest absolute Gasteiger partial charge is 0.478 e. The van der Waals surface area contributed by atoms with Crippen molar-refractivity contribution >= 4 is 5.97 Å². The highest BCUT2D eigenvalue weighted by molar-refractivity contribution is 5.87. The average molecular weight is 221 g/mol. The Kier molecular flexibility index (Phi) is 2.94. The van der Waals surface area contributed by atoms with Crippen LogP contribution in [0.25, 0.3) is 0 Å². The van der Waals surface area contributed by atoms with E-state index in [1.807, 2.05) is 13.1 Å². The van der Waals surface area contributed by atoms with Crippen molar-refractivity contribution in [3.8, 4) is 0 Å². The maximum absolute atomic E-state index is 10.9. The lowest BCUT2D eigenvalue weighted by molar-refractivity contribution is 0.0696. The van der Waals surface area contributed by atoms with Gasteiger partial charge >= 0.3 is 5.97 Å². The van der Waals surface area contributed by atoms with Gasteiger partial charge in [-0.2, -0.15) is 0 Å². The first-order valence-electron chi connectivity index (χ1n) is 5.28. The number of hydrogen-bond acceptors (Lipinski definition) is 3. The van der Waals surface area contributed by atoms with Crippen molar-refractivity contribution in [2.24, 2.45) is 0 Å². The van der Waals surface area contributed by atoms with Gasteiger partial charge in [-0.25, -0.2) is 4.79 Å². The Morgan fingerprint density at radius 2 is 2.38 bits per heavy atom. The van der Waals surface area contributed by atoms with Crippen LogP contribution in [0.5, 0.6) is 0 Å². The number of carboxylic acids is 1. The van der Waals surface area contributed by atoms with E-state index < -0.39 is 5.97 Å². The summed E-state index contributed by atoms with van der Waals surface area (Å²) in [6, 6.07) is 7.03. The Morgan fingerprint density at radius 3 is 2.94 bits per heavy atom. The first-order valence-corrected chi connectivity index (χ1v) is 5.28. The number of benzene rings is 1. The molecule has 2 rings (SSSR count). The van der Waals surface area contributed by atoms with Crippen LogP contribution in [0, 0.1) is 0 Å². The highest BCUT2D eigenvalue weighted by Gasteiger charge is 2.35. The number of carboxylic acid groups (broad SMARTS) is 1. The standard InChI is InChI=1S/C12H15NO3/c1-13-12(5-6-16-8-12)10-4-2-3-9(7-10)11(14)15/h2-4,7,13H,5-6,8H2,1H3,(H,14,15). The number of aromatic carboxylic acids is 1. The third kappa shape index (κ3) is 1.81.